The zero-order valence-electron chi connectivity index (χ0n) is 11.3. The number of rotatable bonds is 4. The van der Waals surface area contributed by atoms with Gasteiger partial charge in [-0.3, -0.25) is 0 Å². The highest BCUT2D eigenvalue weighted by Gasteiger charge is 2.25. The summed E-state index contributed by atoms with van der Waals surface area (Å²) in [4.78, 5) is 0.366. The molecular formula is C13H20N2O2S2. The fraction of sp³-hybridized carbons (Fsp3) is 0.538. The molecule has 1 unspecified atom stereocenters. The summed E-state index contributed by atoms with van der Waals surface area (Å²) < 4.78 is 27.7. The smallest absolute Gasteiger partial charge is 0.241 e. The van der Waals surface area contributed by atoms with E-state index in [0.29, 0.717) is 11.4 Å². The van der Waals surface area contributed by atoms with Gasteiger partial charge < -0.3 is 5.73 Å². The van der Waals surface area contributed by atoms with Crippen LogP contribution in [-0.2, 0) is 16.6 Å². The monoisotopic (exact) mass is 300 g/mol. The minimum absolute atomic E-state index is 0.0521. The number of nitrogens with two attached hydrogens (primary N) is 1. The van der Waals surface area contributed by atoms with Gasteiger partial charge in [-0.25, -0.2) is 13.1 Å². The minimum atomic E-state index is -3.45. The molecule has 4 nitrogen and oxygen atoms in total. The molecule has 1 aliphatic heterocycles. The zero-order chi connectivity index (χ0) is 14.0. The van der Waals surface area contributed by atoms with Gasteiger partial charge >= 0.3 is 0 Å². The Balaban J connectivity index is 2.36. The highest BCUT2D eigenvalue weighted by Crippen LogP contribution is 2.24. The Bertz CT molecular complexity index is 564. The van der Waals surface area contributed by atoms with E-state index in [1.807, 2.05) is 19.9 Å². The number of hydrogen-bond donors (Lipinski definition) is 2. The summed E-state index contributed by atoms with van der Waals surface area (Å²) in [6.07, 6.45) is 0.901. The van der Waals surface area contributed by atoms with E-state index in [1.165, 1.54) is 0 Å². The van der Waals surface area contributed by atoms with Crippen molar-refractivity contribution >= 4 is 21.8 Å². The van der Waals surface area contributed by atoms with Crippen LogP contribution in [0.5, 0.6) is 0 Å². The van der Waals surface area contributed by atoms with Crippen LogP contribution < -0.4 is 10.5 Å². The van der Waals surface area contributed by atoms with Gasteiger partial charge in [0.05, 0.1) is 4.90 Å². The predicted molar refractivity (Wildman–Crippen MR) is 79.9 cm³/mol. The number of sulfonamides is 1. The van der Waals surface area contributed by atoms with E-state index in [9.17, 15) is 8.42 Å². The van der Waals surface area contributed by atoms with Crippen LogP contribution in [0.15, 0.2) is 17.0 Å². The van der Waals surface area contributed by atoms with E-state index in [4.69, 9.17) is 5.73 Å². The van der Waals surface area contributed by atoms with Crippen molar-refractivity contribution in [3.05, 3.63) is 28.8 Å². The third-order valence-corrected chi connectivity index (χ3v) is 6.27. The van der Waals surface area contributed by atoms with E-state index in [0.717, 1.165) is 34.6 Å². The molecule has 19 heavy (non-hydrogen) atoms. The number of thioether (sulfide) groups is 1. The second kappa shape index (κ2) is 5.83. The minimum Gasteiger partial charge on any atom is -0.326 e. The highest BCUT2D eigenvalue weighted by molar-refractivity contribution is 7.99. The van der Waals surface area contributed by atoms with Crippen LogP contribution in [0.4, 0.5) is 0 Å². The Morgan fingerprint density at radius 3 is 2.74 bits per heavy atom. The molecule has 0 radical (unpaired) electrons. The summed E-state index contributed by atoms with van der Waals surface area (Å²) in [6, 6.07) is 3.68. The lowest BCUT2D eigenvalue weighted by atomic mass is 10.1. The summed E-state index contributed by atoms with van der Waals surface area (Å²) in [7, 11) is -3.45. The fourth-order valence-electron chi connectivity index (χ4n) is 2.21. The molecule has 0 bridgehead atoms. The second-order valence-electron chi connectivity index (χ2n) is 4.92. The summed E-state index contributed by atoms with van der Waals surface area (Å²) in [5.74, 6) is 1.88. The molecule has 106 valence electrons. The van der Waals surface area contributed by atoms with Gasteiger partial charge in [-0.1, -0.05) is 6.07 Å². The SMILES string of the molecule is Cc1cc(CN)cc(S(=O)(=O)NC2CCSC2)c1C. The number of benzene rings is 1. The second-order valence-corrected chi connectivity index (χ2v) is 7.75. The van der Waals surface area contributed by atoms with E-state index >= 15 is 0 Å². The van der Waals surface area contributed by atoms with Gasteiger partial charge in [0.1, 0.15) is 0 Å². The maximum absolute atomic E-state index is 12.5. The first kappa shape index (κ1) is 14.8. The Morgan fingerprint density at radius 1 is 1.42 bits per heavy atom. The predicted octanol–water partition coefficient (Wildman–Crippen LogP) is 1.55. The molecule has 0 aliphatic carbocycles. The average molecular weight is 300 g/mol. The van der Waals surface area contributed by atoms with Crippen molar-refractivity contribution < 1.29 is 8.42 Å². The fourth-order valence-corrected chi connectivity index (χ4v) is 5.10. The van der Waals surface area contributed by atoms with E-state index in [-0.39, 0.29) is 6.04 Å². The molecule has 1 aliphatic rings. The van der Waals surface area contributed by atoms with Gasteiger partial charge in [0.25, 0.3) is 0 Å². The first-order valence-electron chi connectivity index (χ1n) is 6.34. The van der Waals surface area contributed by atoms with Gasteiger partial charge in [0.2, 0.25) is 10.0 Å². The Hall–Kier alpha value is -0.560. The van der Waals surface area contributed by atoms with Crippen molar-refractivity contribution in [3.8, 4) is 0 Å². The molecule has 1 atom stereocenters. The van der Waals surface area contributed by atoms with E-state index in [2.05, 4.69) is 4.72 Å². The number of aryl methyl sites for hydroxylation is 1. The lowest BCUT2D eigenvalue weighted by Crippen LogP contribution is -2.35. The summed E-state index contributed by atoms with van der Waals surface area (Å²) in [5, 5.41) is 0. The summed E-state index contributed by atoms with van der Waals surface area (Å²) in [5.41, 5.74) is 8.24. The van der Waals surface area contributed by atoms with Gasteiger partial charge in [0.15, 0.2) is 0 Å². The third kappa shape index (κ3) is 3.31. The first-order chi connectivity index (χ1) is 8.94. The van der Waals surface area contributed by atoms with Crippen molar-refractivity contribution in [2.75, 3.05) is 11.5 Å². The number of nitrogens with one attached hydrogen (secondary N) is 1. The van der Waals surface area contributed by atoms with Crippen molar-refractivity contribution in [1.82, 2.24) is 4.72 Å². The van der Waals surface area contributed by atoms with Crippen LogP contribution in [0, 0.1) is 13.8 Å². The molecule has 3 N–H and O–H groups in total. The maximum atomic E-state index is 12.5. The van der Waals surface area contributed by atoms with Crippen LogP contribution >= 0.6 is 11.8 Å². The van der Waals surface area contributed by atoms with E-state index in [1.54, 1.807) is 17.8 Å². The van der Waals surface area contributed by atoms with E-state index < -0.39 is 10.0 Å². The molecule has 6 heteroatoms. The van der Waals surface area contributed by atoms with Gasteiger partial charge in [-0.2, -0.15) is 11.8 Å². The van der Waals surface area contributed by atoms with Crippen LogP contribution in [0.1, 0.15) is 23.1 Å². The van der Waals surface area contributed by atoms with Crippen molar-refractivity contribution in [3.63, 3.8) is 0 Å². The summed E-state index contributed by atoms with van der Waals surface area (Å²) in [6.45, 7) is 4.11. The van der Waals surface area contributed by atoms with Crippen LogP contribution in [-0.4, -0.2) is 26.0 Å². The zero-order valence-corrected chi connectivity index (χ0v) is 12.9. The van der Waals surface area contributed by atoms with Crippen molar-refractivity contribution in [2.24, 2.45) is 5.73 Å². The molecule has 0 amide bonds. The normalized spacial score (nSPS) is 19.8. The van der Waals surface area contributed by atoms with Gasteiger partial charge in [0, 0.05) is 18.3 Å². The summed E-state index contributed by atoms with van der Waals surface area (Å²) >= 11 is 1.79. The Morgan fingerprint density at radius 2 is 2.16 bits per heavy atom. The molecule has 0 spiro atoms. The molecule has 1 heterocycles. The molecule has 0 aromatic heterocycles. The van der Waals surface area contributed by atoms with Crippen LogP contribution in [0.2, 0.25) is 0 Å². The molecule has 2 rings (SSSR count). The average Bonchev–Trinajstić information content (AvgIpc) is 2.84. The van der Waals surface area contributed by atoms with Crippen molar-refractivity contribution in [1.29, 1.82) is 0 Å². The van der Waals surface area contributed by atoms with Crippen LogP contribution in [0.3, 0.4) is 0 Å². The molecule has 1 aromatic carbocycles. The Kier molecular flexibility index (Phi) is 4.55. The maximum Gasteiger partial charge on any atom is 0.241 e. The Labute approximate surface area is 119 Å². The quantitative estimate of drug-likeness (QED) is 0.885. The van der Waals surface area contributed by atoms with Crippen LogP contribution in [0.25, 0.3) is 0 Å². The van der Waals surface area contributed by atoms with Gasteiger partial charge in [-0.05, 0) is 48.8 Å². The molecule has 0 saturated carbocycles. The largest absolute Gasteiger partial charge is 0.326 e. The molecular weight excluding hydrogens is 280 g/mol. The standard InChI is InChI=1S/C13H20N2O2S2/c1-9-5-11(7-14)6-13(10(9)2)19(16,17)15-12-3-4-18-8-12/h5-6,12,15H,3-4,7-8,14H2,1-2H3. The molecule has 1 saturated heterocycles. The molecule has 1 aromatic rings. The van der Waals surface area contributed by atoms with Gasteiger partial charge in [-0.15, -0.1) is 0 Å². The van der Waals surface area contributed by atoms with Crippen molar-refractivity contribution in [2.45, 2.75) is 37.8 Å². The first-order valence-corrected chi connectivity index (χ1v) is 8.98. The third-order valence-electron chi connectivity index (χ3n) is 3.46. The topological polar surface area (TPSA) is 72.2 Å². The number of hydrogen-bond acceptors (Lipinski definition) is 4. The lowest BCUT2D eigenvalue weighted by Gasteiger charge is -2.16. The highest BCUT2D eigenvalue weighted by atomic mass is 32.2. The molecule has 1 fully saturated rings. The lowest BCUT2D eigenvalue weighted by molar-refractivity contribution is 0.562.